The number of nitrogens with one attached hydrogen (secondary N) is 1. The fourth-order valence-electron chi connectivity index (χ4n) is 1.83. The van der Waals surface area contributed by atoms with Gasteiger partial charge in [-0.1, -0.05) is 19.9 Å². The van der Waals surface area contributed by atoms with E-state index in [4.69, 9.17) is 9.47 Å². The molecule has 0 radical (unpaired) electrons. The maximum absolute atomic E-state index is 11.9. The predicted molar refractivity (Wildman–Crippen MR) is 72.5 cm³/mol. The summed E-state index contributed by atoms with van der Waals surface area (Å²) in [5, 5.41) is 3.38. The summed E-state index contributed by atoms with van der Waals surface area (Å²) >= 11 is 0. The number of fused-ring (bicyclic) bond motifs is 1. The number of hydrogen-bond donors (Lipinski definition) is 1. The van der Waals surface area contributed by atoms with Gasteiger partial charge in [-0.25, -0.2) is 0 Å². The van der Waals surface area contributed by atoms with Crippen LogP contribution in [0.15, 0.2) is 18.2 Å². The molecule has 5 heteroatoms. The van der Waals surface area contributed by atoms with Crippen LogP contribution in [0.2, 0.25) is 0 Å². The highest BCUT2D eigenvalue weighted by Crippen LogP contribution is 2.34. The molecule has 1 aromatic rings. The molecule has 0 bridgehead atoms. The average molecular weight is 269 g/mol. The molecule has 1 N–H and O–H groups in total. The van der Waals surface area contributed by atoms with Gasteiger partial charge in [0.15, 0.2) is 11.5 Å². The lowest BCUT2D eigenvalue weighted by Gasteiger charge is -2.18. The molecule has 0 saturated carbocycles. The molecule has 1 heterocycles. The topological polar surface area (TPSA) is 47.6 Å². The van der Waals surface area contributed by atoms with Gasteiger partial charge in [-0.05, 0) is 24.7 Å². The summed E-state index contributed by atoms with van der Waals surface area (Å²) in [6.07, 6.45) is 0. The summed E-state index contributed by atoms with van der Waals surface area (Å²) in [5.74, 6) is 2.15. The molecule has 0 fully saturated rings. The molecule has 0 saturated heterocycles. The third-order valence-electron chi connectivity index (χ3n) is 3.00. The molecule has 1 aliphatic rings. The van der Waals surface area contributed by atoms with Gasteiger partial charge in [0, 0.05) is 27.8 Å². The second kappa shape index (κ2) is 5.71. The first-order valence-corrected chi connectivity index (χ1v) is 7.44. The third-order valence-corrected chi connectivity index (χ3v) is 4.72. The number of benzene rings is 1. The summed E-state index contributed by atoms with van der Waals surface area (Å²) in [7, 11) is 1.05. The highest BCUT2D eigenvalue weighted by atomic mass is 32.2. The number of ether oxygens (including phenoxy) is 2. The molecule has 4 nitrogen and oxygen atoms in total. The highest BCUT2D eigenvalue weighted by Gasteiger charge is 2.19. The van der Waals surface area contributed by atoms with Crippen LogP contribution in [0.25, 0.3) is 0 Å². The average Bonchev–Trinajstić information content (AvgIpc) is 2.82. The van der Waals surface area contributed by atoms with E-state index in [2.05, 4.69) is 5.32 Å². The number of rotatable bonds is 5. The minimum absolute atomic E-state index is 0.0720. The molecular formula is C13H19NO3S. The van der Waals surface area contributed by atoms with E-state index in [1.54, 1.807) is 0 Å². The molecule has 0 aromatic heterocycles. The van der Waals surface area contributed by atoms with Crippen molar-refractivity contribution in [2.24, 2.45) is 0 Å². The third kappa shape index (κ3) is 2.84. The first kappa shape index (κ1) is 13.4. The van der Waals surface area contributed by atoms with Crippen LogP contribution < -0.4 is 14.8 Å². The normalized spacial score (nSPS) is 16.9. The van der Waals surface area contributed by atoms with Crippen molar-refractivity contribution in [1.29, 1.82) is 0 Å². The summed E-state index contributed by atoms with van der Waals surface area (Å²) in [4.78, 5) is 0. The Hall–Kier alpha value is -1.07. The smallest absolute Gasteiger partial charge is 0.231 e. The molecule has 1 aromatic carbocycles. The van der Waals surface area contributed by atoms with Crippen LogP contribution in [0.4, 0.5) is 0 Å². The van der Waals surface area contributed by atoms with E-state index in [-0.39, 0.29) is 18.1 Å². The maximum Gasteiger partial charge on any atom is 0.231 e. The minimum atomic E-state index is -0.835. The van der Waals surface area contributed by atoms with Crippen LogP contribution in [0.1, 0.15) is 25.5 Å². The molecule has 2 unspecified atom stereocenters. The molecule has 18 heavy (non-hydrogen) atoms. The van der Waals surface area contributed by atoms with Gasteiger partial charge in [-0.2, -0.15) is 0 Å². The van der Waals surface area contributed by atoms with Crippen molar-refractivity contribution in [3.63, 3.8) is 0 Å². The van der Waals surface area contributed by atoms with E-state index in [0.717, 1.165) is 17.1 Å². The van der Waals surface area contributed by atoms with Gasteiger partial charge in [-0.15, -0.1) is 0 Å². The first-order chi connectivity index (χ1) is 8.61. The van der Waals surface area contributed by atoms with Crippen molar-refractivity contribution in [3.8, 4) is 11.5 Å². The molecule has 2 atom stereocenters. The monoisotopic (exact) mass is 269 g/mol. The lowest BCUT2D eigenvalue weighted by Crippen LogP contribution is -2.25. The van der Waals surface area contributed by atoms with E-state index in [1.165, 1.54) is 0 Å². The summed E-state index contributed by atoms with van der Waals surface area (Å²) < 4.78 is 22.6. The Labute approximate surface area is 110 Å². The van der Waals surface area contributed by atoms with Crippen molar-refractivity contribution >= 4 is 10.8 Å². The van der Waals surface area contributed by atoms with Crippen molar-refractivity contribution < 1.29 is 13.7 Å². The number of hydrogen-bond acceptors (Lipinski definition) is 4. The second-order valence-electron chi connectivity index (χ2n) is 4.55. The molecule has 0 amide bonds. The zero-order valence-electron chi connectivity index (χ0n) is 10.9. The molecule has 100 valence electrons. The van der Waals surface area contributed by atoms with Crippen LogP contribution in [0, 0.1) is 0 Å². The van der Waals surface area contributed by atoms with Crippen LogP contribution in [0.3, 0.4) is 0 Å². The van der Waals surface area contributed by atoms with Gasteiger partial charge in [0.05, 0.1) is 0 Å². The van der Waals surface area contributed by atoms with Gasteiger partial charge < -0.3 is 14.8 Å². The van der Waals surface area contributed by atoms with E-state index in [9.17, 15) is 4.21 Å². The Morgan fingerprint density at radius 1 is 1.33 bits per heavy atom. The molecular weight excluding hydrogens is 250 g/mol. The Morgan fingerprint density at radius 2 is 2.06 bits per heavy atom. The zero-order valence-corrected chi connectivity index (χ0v) is 11.8. The van der Waals surface area contributed by atoms with E-state index in [1.807, 2.05) is 39.1 Å². The zero-order chi connectivity index (χ0) is 13.1. The Balaban J connectivity index is 2.15. The molecule has 0 spiro atoms. The van der Waals surface area contributed by atoms with E-state index >= 15 is 0 Å². The largest absolute Gasteiger partial charge is 0.454 e. The Bertz CT molecular complexity index is 448. The van der Waals surface area contributed by atoms with Crippen LogP contribution in [-0.2, 0) is 10.8 Å². The van der Waals surface area contributed by atoms with Gasteiger partial charge in [0.1, 0.15) is 0 Å². The minimum Gasteiger partial charge on any atom is -0.454 e. The molecule has 1 aliphatic heterocycles. The standard InChI is InChI=1S/C13H19NO3S/c1-9(2)18(15)7-11(14-3)10-4-5-12-13(6-10)17-8-16-12/h4-6,9,11,14H,7-8H2,1-3H3. The molecule has 0 aliphatic carbocycles. The SMILES string of the molecule is CNC(CS(=O)C(C)C)c1ccc2c(c1)OCO2. The van der Waals surface area contributed by atoms with Gasteiger partial charge >= 0.3 is 0 Å². The van der Waals surface area contributed by atoms with Crippen LogP contribution in [0.5, 0.6) is 11.5 Å². The van der Waals surface area contributed by atoms with Gasteiger partial charge in [-0.3, -0.25) is 4.21 Å². The summed E-state index contributed by atoms with van der Waals surface area (Å²) in [5.41, 5.74) is 1.08. The Kier molecular flexibility index (Phi) is 4.24. The summed E-state index contributed by atoms with van der Waals surface area (Å²) in [6.45, 7) is 4.23. The van der Waals surface area contributed by atoms with Crippen molar-refractivity contribution in [3.05, 3.63) is 23.8 Å². The predicted octanol–water partition coefficient (Wildman–Crippen LogP) is 1.83. The maximum atomic E-state index is 11.9. The van der Waals surface area contributed by atoms with Crippen molar-refractivity contribution in [2.45, 2.75) is 25.1 Å². The Morgan fingerprint density at radius 3 is 2.72 bits per heavy atom. The lowest BCUT2D eigenvalue weighted by molar-refractivity contribution is 0.174. The molecule has 2 rings (SSSR count). The lowest BCUT2D eigenvalue weighted by atomic mass is 10.1. The van der Waals surface area contributed by atoms with Crippen LogP contribution >= 0.6 is 0 Å². The highest BCUT2D eigenvalue weighted by molar-refractivity contribution is 7.85. The fourth-order valence-corrected chi connectivity index (χ4v) is 2.91. The fraction of sp³-hybridized carbons (Fsp3) is 0.538. The summed E-state index contributed by atoms with van der Waals surface area (Å²) in [6, 6.07) is 5.93. The van der Waals surface area contributed by atoms with Gasteiger partial charge in [0.25, 0.3) is 0 Å². The van der Waals surface area contributed by atoms with Crippen LogP contribution in [-0.4, -0.2) is 29.1 Å². The second-order valence-corrected chi connectivity index (χ2v) is 6.59. The van der Waals surface area contributed by atoms with Gasteiger partial charge in [0.2, 0.25) is 6.79 Å². The van der Waals surface area contributed by atoms with E-state index < -0.39 is 10.8 Å². The van der Waals surface area contributed by atoms with Crippen molar-refractivity contribution in [2.75, 3.05) is 19.6 Å². The van der Waals surface area contributed by atoms with Crippen molar-refractivity contribution in [1.82, 2.24) is 5.32 Å². The quantitative estimate of drug-likeness (QED) is 0.886. The first-order valence-electron chi connectivity index (χ1n) is 6.05. The van der Waals surface area contributed by atoms with E-state index in [0.29, 0.717) is 5.75 Å².